The van der Waals surface area contributed by atoms with Gasteiger partial charge in [0.05, 0.1) is 35.1 Å². The van der Waals surface area contributed by atoms with Crippen molar-refractivity contribution in [2.75, 3.05) is 7.11 Å². The van der Waals surface area contributed by atoms with Gasteiger partial charge in [0.1, 0.15) is 5.75 Å². The Morgan fingerprint density at radius 2 is 1.97 bits per heavy atom. The van der Waals surface area contributed by atoms with Crippen LogP contribution in [-0.4, -0.2) is 28.7 Å². The van der Waals surface area contributed by atoms with Crippen LogP contribution in [0.5, 0.6) is 5.75 Å². The lowest BCUT2D eigenvalue weighted by molar-refractivity contribution is -0.143. The second-order valence-electron chi connectivity index (χ2n) is 7.59. The molecule has 0 bridgehead atoms. The highest BCUT2D eigenvalue weighted by Gasteiger charge is 2.34. The maximum Gasteiger partial charge on any atom is 0.338 e. The summed E-state index contributed by atoms with van der Waals surface area (Å²) in [6.07, 6.45) is 4.85. The van der Waals surface area contributed by atoms with E-state index in [0.717, 1.165) is 11.1 Å². The van der Waals surface area contributed by atoms with Gasteiger partial charge in [0.25, 0.3) is 5.56 Å². The van der Waals surface area contributed by atoms with Gasteiger partial charge in [-0.25, -0.2) is 9.79 Å². The largest absolute Gasteiger partial charge is 0.497 e. The molecule has 0 radical (unpaired) electrons. The predicted octanol–water partition coefficient (Wildman–Crippen LogP) is 2.59. The van der Waals surface area contributed by atoms with Crippen molar-refractivity contribution in [3.8, 4) is 5.75 Å². The molecular formula is C24H23N3O4S. The molecule has 3 aromatic rings. The molecule has 4 rings (SSSR count). The number of benzene rings is 1. The maximum atomic E-state index is 13.5. The molecule has 0 saturated heterocycles. The number of rotatable bonds is 5. The number of carbonyl (C=O) groups excluding carboxylic acids is 1. The van der Waals surface area contributed by atoms with Gasteiger partial charge in [0.15, 0.2) is 4.80 Å². The molecule has 0 aliphatic carbocycles. The van der Waals surface area contributed by atoms with E-state index in [0.29, 0.717) is 26.4 Å². The summed E-state index contributed by atoms with van der Waals surface area (Å²) < 4.78 is 13.0. The quantitative estimate of drug-likeness (QED) is 0.559. The van der Waals surface area contributed by atoms with Gasteiger partial charge in [0.2, 0.25) is 0 Å². The van der Waals surface area contributed by atoms with E-state index in [2.05, 4.69) is 9.98 Å². The SMILES string of the molecule is COc1cccc([C@H]2C(C(=O)OC(C)C)=C(C)N=c3sc(=Cc4ccncc4)c(=O)n32)c1. The van der Waals surface area contributed by atoms with Crippen LogP contribution in [0.2, 0.25) is 0 Å². The molecule has 32 heavy (non-hydrogen) atoms. The molecule has 3 heterocycles. The van der Waals surface area contributed by atoms with Crippen molar-refractivity contribution < 1.29 is 14.3 Å². The smallest absolute Gasteiger partial charge is 0.338 e. The monoisotopic (exact) mass is 449 g/mol. The highest BCUT2D eigenvalue weighted by Crippen LogP contribution is 2.32. The van der Waals surface area contributed by atoms with Gasteiger partial charge in [-0.1, -0.05) is 23.5 Å². The Balaban J connectivity index is 1.96. The number of hydrogen-bond donors (Lipinski definition) is 0. The maximum absolute atomic E-state index is 13.5. The standard InChI is InChI=1S/C24H23N3O4S/c1-14(2)31-23(29)20-15(3)26-24-27(21(20)17-6-5-7-18(13-17)30-4)22(28)19(32-24)12-16-8-10-25-11-9-16/h5-14,21H,1-4H3/t21-/m0/s1. The first kappa shape index (κ1) is 21.7. The minimum atomic E-state index is -0.674. The number of methoxy groups -OCH3 is 1. The molecule has 0 spiro atoms. The Kier molecular flexibility index (Phi) is 6.05. The highest BCUT2D eigenvalue weighted by atomic mass is 32.1. The van der Waals surface area contributed by atoms with Gasteiger partial charge in [0, 0.05) is 12.4 Å². The number of allylic oxidation sites excluding steroid dienone is 1. The van der Waals surface area contributed by atoms with Crippen LogP contribution in [0.15, 0.2) is 69.8 Å². The number of aromatic nitrogens is 2. The lowest BCUT2D eigenvalue weighted by Gasteiger charge is -2.25. The number of fused-ring (bicyclic) bond motifs is 1. The van der Waals surface area contributed by atoms with Crippen LogP contribution in [0.4, 0.5) is 0 Å². The molecular weight excluding hydrogens is 426 g/mol. The molecule has 0 fully saturated rings. The van der Waals surface area contributed by atoms with E-state index in [4.69, 9.17) is 9.47 Å². The third-order valence-corrected chi connectivity index (χ3v) is 5.98. The molecule has 8 heteroatoms. The summed E-state index contributed by atoms with van der Waals surface area (Å²) in [4.78, 5) is 35.7. The van der Waals surface area contributed by atoms with Gasteiger partial charge in [-0.05, 0) is 62.2 Å². The predicted molar refractivity (Wildman–Crippen MR) is 122 cm³/mol. The van der Waals surface area contributed by atoms with Gasteiger partial charge in [-0.3, -0.25) is 14.3 Å². The summed E-state index contributed by atoms with van der Waals surface area (Å²) in [6.45, 7) is 5.35. The lowest BCUT2D eigenvalue weighted by Crippen LogP contribution is -2.40. The number of thiazole rings is 1. The third kappa shape index (κ3) is 4.13. The fraction of sp³-hybridized carbons (Fsp3) is 0.250. The molecule has 7 nitrogen and oxygen atoms in total. The van der Waals surface area contributed by atoms with E-state index in [9.17, 15) is 9.59 Å². The van der Waals surface area contributed by atoms with Crippen LogP contribution in [-0.2, 0) is 9.53 Å². The zero-order valence-electron chi connectivity index (χ0n) is 18.2. The number of ether oxygens (including phenoxy) is 2. The summed E-state index contributed by atoms with van der Waals surface area (Å²) in [6, 6.07) is 10.3. The lowest BCUT2D eigenvalue weighted by atomic mass is 9.95. The zero-order chi connectivity index (χ0) is 22.8. The number of nitrogens with zero attached hydrogens (tertiary/aromatic N) is 3. The minimum Gasteiger partial charge on any atom is -0.497 e. The topological polar surface area (TPSA) is 82.8 Å². The number of carbonyl (C=O) groups is 1. The number of esters is 1. The first-order valence-electron chi connectivity index (χ1n) is 10.2. The average molecular weight is 450 g/mol. The van der Waals surface area contributed by atoms with Crippen LogP contribution in [0.1, 0.15) is 37.9 Å². The van der Waals surface area contributed by atoms with E-state index < -0.39 is 12.0 Å². The van der Waals surface area contributed by atoms with Crippen LogP contribution in [0.25, 0.3) is 6.08 Å². The van der Waals surface area contributed by atoms with E-state index in [1.165, 1.54) is 11.3 Å². The van der Waals surface area contributed by atoms with Crippen molar-refractivity contribution in [3.63, 3.8) is 0 Å². The van der Waals surface area contributed by atoms with Crippen LogP contribution in [0, 0.1) is 0 Å². The van der Waals surface area contributed by atoms with Crippen molar-refractivity contribution in [1.82, 2.24) is 9.55 Å². The molecule has 0 unspecified atom stereocenters. The summed E-state index contributed by atoms with van der Waals surface area (Å²) in [7, 11) is 1.58. The average Bonchev–Trinajstić information content (AvgIpc) is 3.07. The van der Waals surface area contributed by atoms with E-state index in [1.54, 1.807) is 50.9 Å². The fourth-order valence-corrected chi connectivity index (χ4v) is 4.64. The number of hydrogen-bond acceptors (Lipinski definition) is 7. The molecule has 0 saturated carbocycles. The Hall–Kier alpha value is -3.52. The first-order valence-corrected chi connectivity index (χ1v) is 11.0. The first-order chi connectivity index (χ1) is 15.4. The highest BCUT2D eigenvalue weighted by molar-refractivity contribution is 7.07. The van der Waals surface area contributed by atoms with E-state index in [1.807, 2.05) is 36.4 Å². The summed E-state index contributed by atoms with van der Waals surface area (Å²) >= 11 is 1.29. The van der Waals surface area contributed by atoms with E-state index in [-0.39, 0.29) is 11.7 Å². The van der Waals surface area contributed by atoms with E-state index >= 15 is 0 Å². The summed E-state index contributed by atoms with van der Waals surface area (Å²) in [5, 5.41) is 0. The van der Waals surface area contributed by atoms with Gasteiger partial charge in [-0.15, -0.1) is 0 Å². The third-order valence-electron chi connectivity index (χ3n) is 5.00. The van der Waals surface area contributed by atoms with Gasteiger partial charge in [-0.2, -0.15) is 0 Å². The molecule has 164 valence electrons. The van der Waals surface area contributed by atoms with Crippen LogP contribution in [0.3, 0.4) is 0 Å². The zero-order valence-corrected chi connectivity index (χ0v) is 19.1. The molecule has 1 aliphatic rings. The van der Waals surface area contributed by atoms with Crippen molar-refractivity contribution in [3.05, 3.63) is 90.9 Å². The summed E-state index contributed by atoms with van der Waals surface area (Å²) in [5.74, 6) is 0.144. The Bertz CT molecular complexity index is 1370. The van der Waals surface area contributed by atoms with Crippen LogP contribution >= 0.6 is 11.3 Å². The second-order valence-corrected chi connectivity index (χ2v) is 8.60. The van der Waals surface area contributed by atoms with Crippen molar-refractivity contribution in [2.24, 2.45) is 4.99 Å². The van der Waals surface area contributed by atoms with Crippen molar-refractivity contribution in [2.45, 2.75) is 32.9 Å². The van der Waals surface area contributed by atoms with Crippen molar-refractivity contribution >= 4 is 23.4 Å². The second kappa shape index (κ2) is 8.92. The molecule has 2 aromatic heterocycles. The Morgan fingerprint density at radius 1 is 1.22 bits per heavy atom. The molecule has 1 atom stereocenters. The molecule has 0 N–H and O–H groups in total. The number of pyridine rings is 1. The molecule has 1 aliphatic heterocycles. The normalized spacial score (nSPS) is 16.0. The Morgan fingerprint density at radius 3 is 2.66 bits per heavy atom. The molecule has 0 amide bonds. The van der Waals surface area contributed by atoms with Crippen LogP contribution < -0.4 is 19.6 Å². The van der Waals surface area contributed by atoms with Gasteiger partial charge < -0.3 is 9.47 Å². The Labute approximate surface area is 189 Å². The fourth-order valence-electron chi connectivity index (χ4n) is 3.60. The molecule has 1 aromatic carbocycles. The van der Waals surface area contributed by atoms with Gasteiger partial charge >= 0.3 is 5.97 Å². The minimum absolute atomic E-state index is 0.222. The van der Waals surface area contributed by atoms with Crippen molar-refractivity contribution in [1.29, 1.82) is 0 Å². The summed E-state index contributed by atoms with van der Waals surface area (Å²) in [5.41, 5.74) is 2.25.